The van der Waals surface area contributed by atoms with Crippen molar-refractivity contribution in [2.24, 2.45) is 0 Å². The average Bonchev–Trinajstić information content (AvgIpc) is 2.97. The molecular weight excluding hydrogens is 288 g/mol. The topological polar surface area (TPSA) is 86.7 Å². The summed E-state index contributed by atoms with van der Waals surface area (Å²) in [4.78, 5) is 46.8. The molecule has 0 radical (unpaired) electrons. The second-order valence-electron chi connectivity index (χ2n) is 5.16. The van der Waals surface area contributed by atoms with Crippen molar-refractivity contribution < 1.29 is 28.7 Å². The second kappa shape index (κ2) is 4.24. The Bertz CT molecular complexity index is 895. The molecule has 0 amide bonds. The maximum Gasteiger partial charge on any atom is 0.347 e. The number of carbonyl (C=O) groups excluding carboxylic acids is 4. The lowest BCUT2D eigenvalue weighted by atomic mass is 9.88. The summed E-state index contributed by atoms with van der Waals surface area (Å²) in [6, 6.07) is 8.34. The van der Waals surface area contributed by atoms with Crippen LogP contribution in [0.15, 0.2) is 30.3 Å². The summed E-state index contributed by atoms with van der Waals surface area (Å²) in [5.41, 5.74) is 0.810. The van der Waals surface area contributed by atoms with Crippen LogP contribution >= 0.6 is 0 Å². The minimum atomic E-state index is -0.772. The molecule has 1 saturated heterocycles. The molecule has 4 rings (SSSR count). The van der Waals surface area contributed by atoms with E-state index in [2.05, 4.69) is 9.47 Å². The highest BCUT2D eigenvalue weighted by atomic mass is 16.6. The quantitative estimate of drug-likeness (QED) is 0.588. The number of ether oxygens (including phenoxy) is 2. The molecule has 2 heterocycles. The van der Waals surface area contributed by atoms with E-state index in [9.17, 15) is 19.2 Å². The summed E-state index contributed by atoms with van der Waals surface area (Å²) < 4.78 is 9.23. The van der Waals surface area contributed by atoms with Crippen LogP contribution in [0.2, 0.25) is 0 Å². The molecule has 22 heavy (non-hydrogen) atoms. The molecular formula is C16H8O6. The van der Waals surface area contributed by atoms with E-state index in [1.54, 1.807) is 24.3 Å². The first-order valence-corrected chi connectivity index (χ1v) is 6.63. The van der Waals surface area contributed by atoms with E-state index < -0.39 is 29.8 Å². The third-order valence-corrected chi connectivity index (χ3v) is 3.93. The molecule has 6 heteroatoms. The van der Waals surface area contributed by atoms with Crippen molar-refractivity contribution in [3.8, 4) is 0 Å². The van der Waals surface area contributed by atoms with Crippen LogP contribution in [0.3, 0.4) is 0 Å². The van der Waals surface area contributed by atoms with E-state index in [0.29, 0.717) is 16.3 Å². The lowest BCUT2D eigenvalue weighted by Crippen LogP contribution is -2.08. The van der Waals surface area contributed by atoms with Crippen LogP contribution in [0.4, 0.5) is 0 Å². The zero-order chi connectivity index (χ0) is 15.4. The molecule has 0 aromatic heterocycles. The van der Waals surface area contributed by atoms with Gasteiger partial charge >= 0.3 is 23.9 Å². The van der Waals surface area contributed by atoms with Crippen molar-refractivity contribution in [3.63, 3.8) is 0 Å². The molecule has 0 saturated carbocycles. The van der Waals surface area contributed by atoms with Gasteiger partial charge in [-0.3, -0.25) is 9.59 Å². The Morgan fingerprint density at radius 1 is 0.909 bits per heavy atom. The van der Waals surface area contributed by atoms with Crippen molar-refractivity contribution in [3.05, 3.63) is 47.0 Å². The first kappa shape index (κ1) is 12.7. The molecule has 108 valence electrons. The fraction of sp³-hybridized carbons (Fsp3) is 0.125. The molecule has 2 aromatic rings. The van der Waals surface area contributed by atoms with Gasteiger partial charge in [0.25, 0.3) is 0 Å². The van der Waals surface area contributed by atoms with E-state index in [0.717, 1.165) is 0 Å². The van der Waals surface area contributed by atoms with Crippen LogP contribution in [0.1, 0.15) is 38.6 Å². The van der Waals surface area contributed by atoms with Crippen molar-refractivity contribution in [1.82, 2.24) is 0 Å². The smallest absolute Gasteiger partial charge is 0.347 e. The monoisotopic (exact) mass is 296 g/mol. The number of cyclic esters (lactones) is 4. The standard InChI is InChI=1S/C16H8O6/c17-12-6-10(14(18)21-12)9-5-11-13(16(20)22-15(11)19)8-4-2-1-3-7(8)9/h1-5,10H,6H2. The molecule has 0 aliphatic carbocycles. The molecule has 1 unspecified atom stereocenters. The SMILES string of the molecule is O=C1CC(c2cc3c(c4ccccc24)C(=O)OC3=O)C(=O)O1. The van der Waals surface area contributed by atoms with Crippen molar-refractivity contribution in [2.75, 3.05) is 0 Å². The number of esters is 4. The molecule has 0 N–H and O–H groups in total. The fourth-order valence-corrected chi connectivity index (χ4v) is 2.97. The highest BCUT2D eigenvalue weighted by Crippen LogP contribution is 2.38. The predicted octanol–water partition coefficient (Wildman–Crippen LogP) is 1.71. The minimum Gasteiger partial charge on any atom is -0.393 e. The Labute approximate surface area is 123 Å². The molecule has 1 fully saturated rings. The summed E-state index contributed by atoms with van der Waals surface area (Å²) in [5.74, 6) is -3.46. The van der Waals surface area contributed by atoms with Gasteiger partial charge in [-0.15, -0.1) is 0 Å². The van der Waals surface area contributed by atoms with Crippen molar-refractivity contribution in [1.29, 1.82) is 0 Å². The number of carbonyl (C=O) groups is 4. The Morgan fingerprint density at radius 2 is 1.64 bits per heavy atom. The number of hydrogen-bond donors (Lipinski definition) is 0. The Balaban J connectivity index is 2.05. The summed E-state index contributed by atoms with van der Waals surface area (Å²) in [5, 5.41) is 1.16. The van der Waals surface area contributed by atoms with Gasteiger partial charge in [0.05, 0.1) is 23.5 Å². The molecule has 2 aliphatic heterocycles. The Morgan fingerprint density at radius 3 is 2.32 bits per heavy atom. The van der Waals surface area contributed by atoms with Gasteiger partial charge in [-0.05, 0) is 22.4 Å². The first-order valence-electron chi connectivity index (χ1n) is 6.63. The molecule has 0 spiro atoms. The lowest BCUT2D eigenvalue weighted by Gasteiger charge is -2.11. The van der Waals surface area contributed by atoms with Gasteiger partial charge in [-0.25, -0.2) is 9.59 Å². The fourth-order valence-electron chi connectivity index (χ4n) is 2.97. The summed E-state index contributed by atoms with van der Waals surface area (Å²) in [7, 11) is 0. The van der Waals surface area contributed by atoms with Gasteiger partial charge in [0, 0.05) is 0 Å². The van der Waals surface area contributed by atoms with E-state index >= 15 is 0 Å². The van der Waals surface area contributed by atoms with Gasteiger partial charge < -0.3 is 9.47 Å². The molecule has 1 atom stereocenters. The van der Waals surface area contributed by atoms with Gasteiger partial charge in [0.1, 0.15) is 0 Å². The third-order valence-electron chi connectivity index (χ3n) is 3.93. The van der Waals surface area contributed by atoms with Crippen LogP contribution in [0.25, 0.3) is 10.8 Å². The zero-order valence-electron chi connectivity index (χ0n) is 11.1. The predicted molar refractivity (Wildman–Crippen MR) is 72.2 cm³/mol. The van der Waals surface area contributed by atoms with Crippen LogP contribution in [-0.4, -0.2) is 23.9 Å². The van der Waals surface area contributed by atoms with Crippen LogP contribution in [-0.2, 0) is 19.1 Å². The van der Waals surface area contributed by atoms with Crippen molar-refractivity contribution >= 4 is 34.6 Å². The van der Waals surface area contributed by atoms with Gasteiger partial charge in [0.2, 0.25) is 0 Å². The van der Waals surface area contributed by atoms with E-state index in [4.69, 9.17) is 0 Å². The highest BCUT2D eigenvalue weighted by molar-refractivity contribution is 6.22. The second-order valence-corrected chi connectivity index (χ2v) is 5.16. The molecule has 2 aromatic carbocycles. The average molecular weight is 296 g/mol. The van der Waals surface area contributed by atoms with Crippen LogP contribution in [0.5, 0.6) is 0 Å². The summed E-state index contributed by atoms with van der Waals surface area (Å²) >= 11 is 0. The zero-order valence-corrected chi connectivity index (χ0v) is 11.1. The van der Waals surface area contributed by atoms with Crippen LogP contribution in [0, 0.1) is 0 Å². The van der Waals surface area contributed by atoms with Gasteiger partial charge in [-0.1, -0.05) is 24.3 Å². The number of rotatable bonds is 1. The molecule has 2 aliphatic rings. The normalized spacial score (nSPS) is 20.3. The largest absolute Gasteiger partial charge is 0.393 e. The van der Waals surface area contributed by atoms with Crippen molar-refractivity contribution in [2.45, 2.75) is 12.3 Å². The number of fused-ring (bicyclic) bond motifs is 3. The maximum absolute atomic E-state index is 11.9. The number of hydrogen-bond acceptors (Lipinski definition) is 6. The Kier molecular flexibility index (Phi) is 2.45. The highest BCUT2D eigenvalue weighted by Gasteiger charge is 2.39. The van der Waals surface area contributed by atoms with E-state index in [1.807, 2.05) is 0 Å². The molecule has 0 bridgehead atoms. The van der Waals surface area contributed by atoms with Gasteiger partial charge in [0.15, 0.2) is 0 Å². The maximum atomic E-state index is 11.9. The summed E-state index contributed by atoms with van der Waals surface area (Å²) in [6.07, 6.45) is -0.0788. The molecule has 6 nitrogen and oxygen atoms in total. The minimum absolute atomic E-state index is 0.0788. The summed E-state index contributed by atoms with van der Waals surface area (Å²) in [6.45, 7) is 0. The van der Waals surface area contributed by atoms with E-state index in [-0.39, 0.29) is 17.5 Å². The third kappa shape index (κ3) is 1.60. The van der Waals surface area contributed by atoms with Crippen LogP contribution < -0.4 is 0 Å². The van der Waals surface area contributed by atoms with Gasteiger partial charge in [-0.2, -0.15) is 0 Å². The number of benzene rings is 2. The first-order chi connectivity index (χ1) is 10.6. The Hall–Kier alpha value is -3.02. The van der Waals surface area contributed by atoms with E-state index in [1.165, 1.54) is 6.07 Å². The lowest BCUT2D eigenvalue weighted by molar-refractivity contribution is -0.152.